The quantitative estimate of drug-likeness (QED) is 0.885. The second-order valence-electron chi connectivity index (χ2n) is 5.63. The third-order valence-electron chi connectivity index (χ3n) is 4.29. The maximum Gasteiger partial charge on any atom is 0.142 e. The van der Waals surface area contributed by atoms with Crippen LogP contribution in [0.3, 0.4) is 0 Å². The first-order valence-corrected chi connectivity index (χ1v) is 7.80. The van der Waals surface area contributed by atoms with Gasteiger partial charge in [-0.05, 0) is 31.0 Å². The molecule has 1 heterocycles. The number of hydrogen-bond acceptors (Lipinski definition) is 4. The Balaban J connectivity index is 1.74. The third-order valence-corrected chi connectivity index (χ3v) is 4.29. The second-order valence-corrected chi connectivity index (χ2v) is 5.63. The van der Waals surface area contributed by atoms with Crippen LogP contribution in [-0.2, 0) is 6.54 Å². The van der Waals surface area contributed by atoms with Crippen molar-refractivity contribution in [2.24, 2.45) is 0 Å². The van der Waals surface area contributed by atoms with Crippen molar-refractivity contribution in [2.45, 2.75) is 38.3 Å². The zero-order valence-electron chi connectivity index (χ0n) is 13.2. The van der Waals surface area contributed by atoms with Crippen molar-refractivity contribution in [3.05, 3.63) is 36.2 Å². The first-order chi connectivity index (χ1) is 10.8. The molecule has 0 unspecified atom stereocenters. The molecule has 5 heteroatoms. The zero-order valence-corrected chi connectivity index (χ0v) is 13.2. The molecule has 1 aromatic heterocycles. The van der Waals surface area contributed by atoms with E-state index in [1.165, 1.54) is 31.4 Å². The summed E-state index contributed by atoms with van der Waals surface area (Å²) in [5, 5.41) is 7.95. The number of benzene rings is 1. The number of ether oxygens (including phenoxy) is 2. The molecule has 0 amide bonds. The molecule has 0 radical (unpaired) electrons. The van der Waals surface area contributed by atoms with E-state index in [9.17, 15) is 0 Å². The molecule has 2 aromatic rings. The minimum Gasteiger partial charge on any atom is -0.497 e. The highest BCUT2D eigenvalue weighted by molar-refractivity contribution is 5.59. The lowest BCUT2D eigenvalue weighted by Gasteiger charge is -2.16. The smallest absolute Gasteiger partial charge is 0.142 e. The molecule has 0 spiro atoms. The Hall–Kier alpha value is -2.17. The van der Waals surface area contributed by atoms with Gasteiger partial charge in [-0.3, -0.25) is 4.68 Å². The largest absolute Gasteiger partial charge is 0.497 e. The summed E-state index contributed by atoms with van der Waals surface area (Å²) in [4.78, 5) is 0. The van der Waals surface area contributed by atoms with Gasteiger partial charge in [-0.1, -0.05) is 12.8 Å². The molecule has 1 aliphatic carbocycles. The number of hydrogen-bond donors (Lipinski definition) is 1. The highest BCUT2D eigenvalue weighted by atomic mass is 16.5. The Morgan fingerprint density at radius 1 is 1.18 bits per heavy atom. The Morgan fingerprint density at radius 2 is 2.00 bits per heavy atom. The molecule has 0 saturated heterocycles. The molecule has 5 nitrogen and oxygen atoms in total. The predicted octanol–water partition coefficient (Wildman–Crippen LogP) is 3.63. The van der Waals surface area contributed by atoms with Crippen LogP contribution in [0.1, 0.15) is 37.4 Å². The zero-order chi connectivity index (χ0) is 15.4. The van der Waals surface area contributed by atoms with Gasteiger partial charge in [-0.15, -0.1) is 0 Å². The van der Waals surface area contributed by atoms with Crippen molar-refractivity contribution in [3.63, 3.8) is 0 Å². The fourth-order valence-corrected chi connectivity index (χ4v) is 3.10. The molecular weight excluding hydrogens is 278 g/mol. The van der Waals surface area contributed by atoms with Crippen LogP contribution in [0.15, 0.2) is 30.5 Å². The van der Waals surface area contributed by atoms with Crippen molar-refractivity contribution in [3.8, 4) is 11.5 Å². The normalized spacial score (nSPS) is 15.0. The summed E-state index contributed by atoms with van der Waals surface area (Å²) in [5.74, 6) is 1.63. The fraction of sp³-hybridized carbons (Fsp3) is 0.471. The standard InChI is InChI=1S/C17H23N3O2/c1-21-15-7-8-17(22-2)16(11-15)18-12-14-9-10-19-20(14)13-5-3-4-6-13/h7-11,13,18H,3-6,12H2,1-2H3. The Morgan fingerprint density at radius 3 is 2.73 bits per heavy atom. The summed E-state index contributed by atoms with van der Waals surface area (Å²) in [7, 11) is 3.34. The molecular formula is C17H23N3O2. The monoisotopic (exact) mass is 301 g/mol. The van der Waals surface area contributed by atoms with Gasteiger partial charge in [0.15, 0.2) is 0 Å². The Bertz CT molecular complexity index is 618. The highest BCUT2D eigenvalue weighted by Crippen LogP contribution is 2.31. The van der Waals surface area contributed by atoms with Gasteiger partial charge in [0.1, 0.15) is 11.5 Å². The first-order valence-electron chi connectivity index (χ1n) is 7.80. The lowest BCUT2D eigenvalue weighted by atomic mass is 10.2. The van der Waals surface area contributed by atoms with E-state index in [1.54, 1.807) is 14.2 Å². The van der Waals surface area contributed by atoms with Gasteiger partial charge in [-0.2, -0.15) is 5.10 Å². The summed E-state index contributed by atoms with van der Waals surface area (Å²) >= 11 is 0. The van der Waals surface area contributed by atoms with E-state index in [4.69, 9.17) is 9.47 Å². The number of aromatic nitrogens is 2. The third kappa shape index (κ3) is 3.03. The molecule has 1 fully saturated rings. The van der Waals surface area contributed by atoms with Gasteiger partial charge < -0.3 is 14.8 Å². The topological polar surface area (TPSA) is 48.3 Å². The molecule has 22 heavy (non-hydrogen) atoms. The van der Waals surface area contributed by atoms with E-state index < -0.39 is 0 Å². The van der Waals surface area contributed by atoms with Gasteiger partial charge in [0.25, 0.3) is 0 Å². The lowest BCUT2D eigenvalue weighted by Crippen LogP contribution is -2.13. The SMILES string of the molecule is COc1ccc(OC)c(NCc2ccnn2C2CCCC2)c1. The summed E-state index contributed by atoms with van der Waals surface area (Å²) < 4.78 is 12.9. The van der Waals surface area contributed by atoms with Crippen LogP contribution < -0.4 is 14.8 Å². The van der Waals surface area contributed by atoms with E-state index >= 15 is 0 Å². The summed E-state index contributed by atoms with van der Waals surface area (Å²) in [6.07, 6.45) is 6.97. The molecule has 1 aliphatic rings. The highest BCUT2D eigenvalue weighted by Gasteiger charge is 2.19. The number of nitrogens with one attached hydrogen (secondary N) is 1. The van der Waals surface area contributed by atoms with Crippen LogP contribution in [0.4, 0.5) is 5.69 Å². The molecule has 0 bridgehead atoms. The van der Waals surface area contributed by atoms with Gasteiger partial charge in [0.2, 0.25) is 0 Å². The van der Waals surface area contributed by atoms with Crippen LogP contribution in [0, 0.1) is 0 Å². The average molecular weight is 301 g/mol. The summed E-state index contributed by atoms with van der Waals surface area (Å²) in [5.41, 5.74) is 2.14. The van der Waals surface area contributed by atoms with Crippen molar-refractivity contribution >= 4 is 5.69 Å². The van der Waals surface area contributed by atoms with Crippen LogP contribution in [0.25, 0.3) is 0 Å². The van der Waals surface area contributed by atoms with Crippen LogP contribution >= 0.6 is 0 Å². The molecule has 1 N–H and O–H groups in total. The van der Waals surface area contributed by atoms with E-state index in [1.807, 2.05) is 24.4 Å². The molecule has 3 rings (SSSR count). The Kier molecular flexibility index (Phi) is 4.51. The van der Waals surface area contributed by atoms with Crippen LogP contribution in [-0.4, -0.2) is 24.0 Å². The van der Waals surface area contributed by atoms with Crippen LogP contribution in [0.5, 0.6) is 11.5 Å². The van der Waals surface area contributed by atoms with Gasteiger partial charge in [0, 0.05) is 12.3 Å². The Labute approximate surface area is 131 Å². The van der Waals surface area contributed by atoms with Crippen molar-refractivity contribution < 1.29 is 9.47 Å². The minimum atomic E-state index is 0.555. The number of nitrogens with zero attached hydrogens (tertiary/aromatic N) is 2. The average Bonchev–Trinajstić information content (AvgIpc) is 3.23. The number of methoxy groups -OCH3 is 2. The molecule has 1 aromatic carbocycles. The van der Waals surface area contributed by atoms with Crippen molar-refractivity contribution in [2.75, 3.05) is 19.5 Å². The minimum absolute atomic E-state index is 0.555. The second kappa shape index (κ2) is 6.73. The van der Waals surface area contributed by atoms with E-state index in [0.29, 0.717) is 6.04 Å². The molecule has 0 aliphatic heterocycles. The molecule has 1 saturated carbocycles. The van der Waals surface area contributed by atoms with E-state index in [0.717, 1.165) is 23.7 Å². The lowest BCUT2D eigenvalue weighted by molar-refractivity contribution is 0.404. The van der Waals surface area contributed by atoms with E-state index in [2.05, 4.69) is 21.2 Å². The van der Waals surface area contributed by atoms with E-state index in [-0.39, 0.29) is 0 Å². The molecule has 118 valence electrons. The molecule has 0 atom stereocenters. The van der Waals surface area contributed by atoms with Gasteiger partial charge >= 0.3 is 0 Å². The van der Waals surface area contributed by atoms with Gasteiger partial charge in [-0.25, -0.2) is 0 Å². The van der Waals surface area contributed by atoms with Gasteiger partial charge in [0.05, 0.1) is 38.2 Å². The fourth-order valence-electron chi connectivity index (χ4n) is 3.10. The van der Waals surface area contributed by atoms with Crippen LogP contribution in [0.2, 0.25) is 0 Å². The summed E-state index contributed by atoms with van der Waals surface area (Å²) in [6.45, 7) is 0.722. The summed E-state index contributed by atoms with van der Waals surface area (Å²) in [6, 6.07) is 8.40. The number of rotatable bonds is 6. The predicted molar refractivity (Wildman–Crippen MR) is 86.6 cm³/mol. The van der Waals surface area contributed by atoms with Crippen molar-refractivity contribution in [1.29, 1.82) is 0 Å². The maximum absolute atomic E-state index is 5.40. The van der Waals surface area contributed by atoms with Crippen molar-refractivity contribution in [1.82, 2.24) is 9.78 Å². The maximum atomic E-state index is 5.40. The first kappa shape index (κ1) is 14.8. The number of anilines is 1.